The van der Waals surface area contributed by atoms with Crippen molar-refractivity contribution in [3.63, 3.8) is 0 Å². The molecule has 2 aromatic rings. The lowest BCUT2D eigenvalue weighted by molar-refractivity contribution is 0.626. The molecule has 0 spiro atoms. The predicted molar refractivity (Wildman–Crippen MR) is 83.3 cm³/mol. The second-order valence-electron chi connectivity index (χ2n) is 4.64. The van der Waals surface area contributed by atoms with E-state index in [1.165, 1.54) is 11.1 Å². The molecular weight excluding hydrogens is 277 g/mol. The number of nitrogens with one attached hydrogen (secondary N) is 1. The fourth-order valence-electron chi connectivity index (χ4n) is 2.26. The van der Waals surface area contributed by atoms with Gasteiger partial charge in [0.15, 0.2) is 0 Å². The van der Waals surface area contributed by atoms with E-state index in [4.69, 9.17) is 23.2 Å². The summed E-state index contributed by atoms with van der Waals surface area (Å²) in [6, 6.07) is 16.1. The Labute approximate surface area is 124 Å². The van der Waals surface area contributed by atoms with Gasteiger partial charge in [-0.25, -0.2) is 0 Å². The molecule has 1 nitrogen and oxygen atoms in total. The van der Waals surface area contributed by atoms with Crippen molar-refractivity contribution in [2.45, 2.75) is 12.3 Å². The van der Waals surface area contributed by atoms with Gasteiger partial charge in [-0.15, -0.1) is 0 Å². The molecule has 0 amide bonds. The SMILES string of the molecule is CNCC(Cc1cccc(Cl)c1)c1cccc(Cl)c1. The van der Waals surface area contributed by atoms with E-state index in [0.29, 0.717) is 5.92 Å². The van der Waals surface area contributed by atoms with Gasteiger partial charge < -0.3 is 5.32 Å². The maximum Gasteiger partial charge on any atom is 0.0408 e. The van der Waals surface area contributed by atoms with Gasteiger partial charge in [0.25, 0.3) is 0 Å². The first-order chi connectivity index (χ1) is 9.19. The number of rotatable bonds is 5. The van der Waals surface area contributed by atoms with Gasteiger partial charge in [-0.3, -0.25) is 0 Å². The molecule has 0 radical (unpaired) electrons. The van der Waals surface area contributed by atoms with Crippen LogP contribution >= 0.6 is 23.2 Å². The van der Waals surface area contributed by atoms with E-state index < -0.39 is 0 Å². The minimum atomic E-state index is 0.391. The highest BCUT2D eigenvalue weighted by Gasteiger charge is 2.12. The van der Waals surface area contributed by atoms with Gasteiger partial charge in [0, 0.05) is 22.5 Å². The molecule has 0 saturated heterocycles. The number of halogens is 2. The summed E-state index contributed by atoms with van der Waals surface area (Å²) in [6.07, 6.45) is 0.946. The molecule has 2 aromatic carbocycles. The summed E-state index contributed by atoms with van der Waals surface area (Å²) >= 11 is 12.1. The molecule has 0 aliphatic heterocycles. The predicted octanol–water partition coefficient (Wildman–Crippen LogP) is 4.54. The summed E-state index contributed by atoms with van der Waals surface area (Å²) in [4.78, 5) is 0. The number of hydrogen-bond acceptors (Lipinski definition) is 1. The van der Waals surface area contributed by atoms with E-state index in [9.17, 15) is 0 Å². The van der Waals surface area contributed by atoms with Crippen LogP contribution in [0.5, 0.6) is 0 Å². The van der Waals surface area contributed by atoms with E-state index in [1.807, 2.05) is 43.4 Å². The summed E-state index contributed by atoms with van der Waals surface area (Å²) in [5.41, 5.74) is 2.49. The summed E-state index contributed by atoms with van der Waals surface area (Å²) in [5, 5.41) is 4.81. The topological polar surface area (TPSA) is 12.0 Å². The highest BCUT2D eigenvalue weighted by molar-refractivity contribution is 6.30. The van der Waals surface area contributed by atoms with Crippen molar-refractivity contribution in [2.75, 3.05) is 13.6 Å². The average Bonchev–Trinajstić information content (AvgIpc) is 2.38. The lowest BCUT2D eigenvalue weighted by Gasteiger charge is -2.17. The van der Waals surface area contributed by atoms with E-state index in [2.05, 4.69) is 17.4 Å². The Hall–Kier alpha value is -1.02. The molecule has 0 heterocycles. The maximum absolute atomic E-state index is 6.08. The zero-order valence-corrected chi connectivity index (χ0v) is 12.4. The van der Waals surface area contributed by atoms with Crippen LogP contribution < -0.4 is 5.32 Å². The Balaban J connectivity index is 2.21. The first-order valence-corrected chi connectivity index (χ1v) is 7.09. The van der Waals surface area contributed by atoms with Gasteiger partial charge in [0.1, 0.15) is 0 Å². The summed E-state index contributed by atoms with van der Waals surface area (Å²) in [6.45, 7) is 0.910. The third-order valence-electron chi connectivity index (χ3n) is 3.14. The van der Waals surface area contributed by atoms with Crippen LogP contribution in [-0.4, -0.2) is 13.6 Å². The minimum absolute atomic E-state index is 0.391. The zero-order chi connectivity index (χ0) is 13.7. The van der Waals surface area contributed by atoms with Crippen molar-refractivity contribution in [1.82, 2.24) is 5.32 Å². The first-order valence-electron chi connectivity index (χ1n) is 6.33. The lowest BCUT2D eigenvalue weighted by atomic mass is 9.92. The molecule has 1 atom stereocenters. The van der Waals surface area contributed by atoms with Crippen LogP contribution in [0.25, 0.3) is 0 Å². The third kappa shape index (κ3) is 4.24. The van der Waals surface area contributed by atoms with Crippen molar-refractivity contribution in [3.8, 4) is 0 Å². The maximum atomic E-state index is 6.08. The molecule has 0 fully saturated rings. The highest BCUT2D eigenvalue weighted by Crippen LogP contribution is 2.24. The van der Waals surface area contributed by atoms with Crippen molar-refractivity contribution in [2.24, 2.45) is 0 Å². The Morgan fingerprint density at radius 3 is 2.32 bits per heavy atom. The Kier molecular flexibility index (Phi) is 5.26. The van der Waals surface area contributed by atoms with Gasteiger partial charge in [-0.1, -0.05) is 47.5 Å². The van der Waals surface area contributed by atoms with Crippen LogP contribution in [0.15, 0.2) is 48.5 Å². The van der Waals surface area contributed by atoms with Gasteiger partial charge >= 0.3 is 0 Å². The van der Waals surface area contributed by atoms with Crippen molar-refractivity contribution >= 4 is 23.2 Å². The van der Waals surface area contributed by atoms with Crippen LogP contribution in [0.4, 0.5) is 0 Å². The zero-order valence-electron chi connectivity index (χ0n) is 10.9. The van der Waals surface area contributed by atoms with Crippen LogP contribution in [0.1, 0.15) is 17.0 Å². The molecule has 0 bridgehead atoms. The van der Waals surface area contributed by atoms with Crippen molar-refractivity contribution < 1.29 is 0 Å². The Morgan fingerprint density at radius 2 is 1.68 bits per heavy atom. The van der Waals surface area contributed by atoms with Crippen molar-refractivity contribution in [1.29, 1.82) is 0 Å². The summed E-state index contributed by atoms with van der Waals surface area (Å²) in [5.74, 6) is 0.391. The molecule has 2 rings (SSSR count). The number of benzene rings is 2. The summed E-state index contributed by atoms with van der Waals surface area (Å²) in [7, 11) is 1.97. The van der Waals surface area contributed by atoms with Crippen LogP contribution in [0, 0.1) is 0 Å². The molecule has 0 saturated carbocycles. The quantitative estimate of drug-likeness (QED) is 0.853. The molecule has 1 N–H and O–H groups in total. The average molecular weight is 294 g/mol. The van der Waals surface area contributed by atoms with Gasteiger partial charge in [-0.05, 0) is 48.9 Å². The van der Waals surface area contributed by atoms with E-state index in [1.54, 1.807) is 0 Å². The smallest absolute Gasteiger partial charge is 0.0408 e. The largest absolute Gasteiger partial charge is 0.319 e. The van der Waals surface area contributed by atoms with Crippen LogP contribution in [-0.2, 0) is 6.42 Å². The fraction of sp³-hybridized carbons (Fsp3) is 0.250. The normalized spacial score (nSPS) is 12.4. The first kappa shape index (κ1) is 14.4. The molecular formula is C16H17Cl2N. The Bertz CT molecular complexity index is 540. The van der Waals surface area contributed by atoms with Crippen LogP contribution in [0.2, 0.25) is 10.0 Å². The number of hydrogen-bond donors (Lipinski definition) is 1. The second-order valence-corrected chi connectivity index (χ2v) is 5.52. The lowest BCUT2D eigenvalue weighted by Crippen LogP contribution is -2.19. The molecule has 1 unspecified atom stereocenters. The minimum Gasteiger partial charge on any atom is -0.319 e. The van der Waals surface area contributed by atoms with E-state index >= 15 is 0 Å². The van der Waals surface area contributed by atoms with Gasteiger partial charge in [0.05, 0.1) is 0 Å². The monoisotopic (exact) mass is 293 g/mol. The molecule has 19 heavy (non-hydrogen) atoms. The second kappa shape index (κ2) is 6.95. The van der Waals surface area contributed by atoms with E-state index in [-0.39, 0.29) is 0 Å². The highest BCUT2D eigenvalue weighted by atomic mass is 35.5. The number of likely N-dealkylation sites (N-methyl/N-ethyl adjacent to an activating group) is 1. The molecule has 0 aliphatic rings. The molecule has 0 aromatic heterocycles. The third-order valence-corrected chi connectivity index (χ3v) is 3.61. The van der Waals surface area contributed by atoms with Crippen molar-refractivity contribution in [3.05, 3.63) is 69.7 Å². The van der Waals surface area contributed by atoms with E-state index in [0.717, 1.165) is 23.0 Å². The Morgan fingerprint density at radius 1 is 1.00 bits per heavy atom. The molecule has 0 aliphatic carbocycles. The molecule has 3 heteroatoms. The van der Waals surface area contributed by atoms with Gasteiger partial charge in [-0.2, -0.15) is 0 Å². The molecule has 100 valence electrons. The summed E-state index contributed by atoms with van der Waals surface area (Å²) < 4.78 is 0. The fourth-order valence-corrected chi connectivity index (χ4v) is 2.67. The van der Waals surface area contributed by atoms with Gasteiger partial charge in [0.2, 0.25) is 0 Å². The van der Waals surface area contributed by atoms with Crippen LogP contribution in [0.3, 0.4) is 0 Å². The standard InChI is InChI=1S/C16H17Cl2N/c1-19-11-14(13-5-3-7-16(18)10-13)8-12-4-2-6-15(17)9-12/h2-7,9-10,14,19H,8,11H2,1H3.